The van der Waals surface area contributed by atoms with Crippen molar-refractivity contribution in [3.63, 3.8) is 0 Å². The van der Waals surface area contributed by atoms with Gasteiger partial charge in [0.2, 0.25) is 0 Å². The molecule has 2 aromatic rings. The summed E-state index contributed by atoms with van der Waals surface area (Å²) in [5.41, 5.74) is 2.27. The van der Waals surface area contributed by atoms with Crippen LogP contribution >= 0.6 is 12.2 Å². The number of fused-ring (bicyclic) bond motifs is 1. The van der Waals surface area contributed by atoms with Crippen molar-refractivity contribution in [2.75, 3.05) is 17.3 Å². The van der Waals surface area contributed by atoms with E-state index in [4.69, 9.17) is 17.0 Å². The molecule has 2 aromatic carbocycles. The number of carbonyl (C=O) groups is 1. The second kappa shape index (κ2) is 7.55. The van der Waals surface area contributed by atoms with Gasteiger partial charge in [0.25, 0.3) is 0 Å². The number of hydrogen-bond acceptors (Lipinski definition) is 6. The van der Waals surface area contributed by atoms with Crippen LogP contribution in [-0.4, -0.2) is 55.0 Å². The van der Waals surface area contributed by atoms with Crippen LogP contribution in [0.1, 0.15) is 6.92 Å². The molecule has 0 radical (unpaired) electrons. The van der Waals surface area contributed by atoms with Gasteiger partial charge in [0, 0.05) is 0 Å². The van der Waals surface area contributed by atoms with Crippen LogP contribution in [0.5, 0.6) is 5.75 Å². The molecule has 0 atom stereocenters. The van der Waals surface area contributed by atoms with Crippen LogP contribution in [0.25, 0.3) is 11.1 Å². The first-order chi connectivity index (χ1) is 13.8. The number of carbonyl (C=O) groups excluding carboxylic acids is 1. The van der Waals surface area contributed by atoms with Gasteiger partial charge < -0.3 is 0 Å². The minimum absolute atomic E-state index is 0.117. The van der Waals surface area contributed by atoms with E-state index in [9.17, 15) is 17.8 Å². The van der Waals surface area contributed by atoms with Crippen molar-refractivity contribution in [1.29, 1.82) is 0 Å². The van der Waals surface area contributed by atoms with Gasteiger partial charge >= 0.3 is 180 Å². The molecule has 2 heterocycles. The van der Waals surface area contributed by atoms with E-state index in [1.54, 1.807) is 12.1 Å². The number of amides is 1. The zero-order chi connectivity index (χ0) is 20.8. The molecule has 10 heteroatoms. The Hall–Kier alpha value is -2.23. The van der Waals surface area contributed by atoms with Crippen LogP contribution in [0, 0.1) is 0 Å². The summed E-state index contributed by atoms with van der Waals surface area (Å²) < 4.78 is 39.6. The second-order valence-electron chi connectivity index (χ2n) is 6.34. The minimum atomic E-state index is -4.38. The molecular weight excluding hydrogens is 479 g/mol. The Balaban J connectivity index is 1.83. The van der Waals surface area contributed by atoms with Gasteiger partial charge in [-0.05, 0) is 0 Å². The van der Waals surface area contributed by atoms with Crippen LogP contribution in [0.3, 0.4) is 0 Å². The summed E-state index contributed by atoms with van der Waals surface area (Å²) in [4.78, 5) is 15.6. The maximum absolute atomic E-state index is 12.8. The van der Waals surface area contributed by atoms with E-state index in [1.165, 1.54) is 9.80 Å². The molecule has 0 bridgehead atoms. The molecule has 29 heavy (non-hydrogen) atoms. The van der Waals surface area contributed by atoms with Gasteiger partial charge in [-0.15, -0.1) is 0 Å². The van der Waals surface area contributed by atoms with Crippen molar-refractivity contribution in [1.82, 2.24) is 4.90 Å². The average Bonchev–Trinajstić information content (AvgIpc) is 3.17. The second-order valence-corrected chi connectivity index (χ2v) is 10.8. The van der Waals surface area contributed by atoms with Crippen molar-refractivity contribution < 1.29 is 22.5 Å². The topological polar surface area (TPSA) is 87.2 Å². The van der Waals surface area contributed by atoms with Crippen molar-refractivity contribution in [2.45, 2.75) is 6.92 Å². The summed E-state index contributed by atoms with van der Waals surface area (Å²) in [7, 11) is -4.38. The summed E-state index contributed by atoms with van der Waals surface area (Å²) in [5.74, 6) is -0.477. The standard InChI is InChI=1S/C19H16N2O5S2Se/c1-2-20-17(22)16(29-19(20)27)18-21(11-28(23,24)25)14-10-13(8-9-15(14)26-18)12-6-4-3-5-7-12/h3-10H,2,11H2,1H3,(H,23,24,25)/b18-16-. The van der Waals surface area contributed by atoms with Crippen LogP contribution in [0.4, 0.5) is 5.69 Å². The van der Waals surface area contributed by atoms with E-state index in [1.807, 2.05) is 43.3 Å². The number of thiocarbonyl (C=S) groups is 1. The van der Waals surface area contributed by atoms with Crippen LogP contribution in [-0.2, 0) is 14.9 Å². The molecule has 1 fully saturated rings. The fraction of sp³-hybridized carbons (Fsp3) is 0.158. The number of likely N-dealkylation sites (N-methyl/N-ethyl adjacent to an activating group) is 1. The quantitative estimate of drug-likeness (QED) is 0.302. The van der Waals surface area contributed by atoms with Crippen LogP contribution in [0.2, 0.25) is 0 Å². The Morgan fingerprint density at radius 2 is 1.83 bits per heavy atom. The van der Waals surface area contributed by atoms with E-state index < -0.39 is 31.0 Å². The summed E-state index contributed by atoms with van der Waals surface area (Å²) in [6, 6.07) is 15.0. The predicted molar refractivity (Wildman–Crippen MR) is 114 cm³/mol. The molecule has 0 saturated carbocycles. The number of rotatable bonds is 4. The van der Waals surface area contributed by atoms with E-state index in [2.05, 4.69) is 0 Å². The predicted octanol–water partition coefficient (Wildman–Crippen LogP) is 2.42. The third-order valence-corrected chi connectivity index (χ3v) is 7.69. The molecule has 1 N–H and O–H groups in total. The molecule has 1 amide bonds. The van der Waals surface area contributed by atoms with Crippen molar-refractivity contribution in [3.05, 3.63) is 58.9 Å². The molecule has 0 aromatic heterocycles. The van der Waals surface area contributed by atoms with Crippen LogP contribution < -0.4 is 9.64 Å². The summed E-state index contributed by atoms with van der Waals surface area (Å²) in [5, 5.41) is 0. The first-order valence-corrected chi connectivity index (χ1v) is 12.4. The fourth-order valence-electron chi connectivity index (χ4n) is 3.15. The van der Waals surface area contributed by atoms with E-state index in [0.29, 0.717) is 26.3 Å². The molecule has 7 nitrogen and oxygen atoms in total. The number of hydrogen-bond donors (Lipinski definition) is 1. The molecule has 0 aliphatic carbocycles. The van der Waals surface area contributed by atoms with Crippen molar-refractivity contribution >= 4 is 52.8 Å². The molecular formula is C19H16N2O5S2Se. The molecule has 0 spiro atoms. The number of anilines is 1. The van der Waals surface area contributed by atoms with Crippen LogP contribution in [0.15, 0.2) is 58.9 Å². The van der Waals surface area contributed by atoms with Gasteiger partial charge in [-0.25, -0.2) is 0 Å². The van der Waals surface area contributed by atoms with Gasteiger partial charge in [-0.2, -0.15) is 0 Å². The van der Waals surface area contributed by atoms with E-state index in [0.717, 1.165) is 11.1 Å². The maximum atomic E-state index is 12.8. The molecule has 2 aliphatic rings. The Bertz CT molecular complexity index is 1150. The third-order valence-electron chi connectivity index (χ3n) is 4.46. The first-order valence-electron chi connectivity index (χ1n) is 8.66. The number of ether oxygens (including phenoxy) is 1. The van der Waals surface area contributed by atoms with Gasteiger partial charge in [-0.1, -0.05) is 0 Å². The van der Waals surface area contributed by atoms with Gasteiger partial charge in [0.15, 0.2) is 0 Å². The molecule has 1 saturated heterocycles. The van der Waals surface area contributed by atoms with Gasteiger partial charge in [-0.3, -0.25) is 0 Å². The zero-order valence-corrected chi connectivity index (χ0v) is 18.6. The summed E-state index contributed by atoms with van der Waals surface area (Å²) in [6.45, 7) is 2.25. The molecule has 0 unspecified atom stereocenters. The Morgan fingerprint density at radius 3 is 2.45 bits per heavy atom. The van der Waals surface area contributed by atoms with Crippen molar-refractivity contribution in [3.8, 4) is 16.9 Å². The summed E-state index contributed by atoms with van der Waals surface area (Å²) >= 11 is 4.83. The average molecular weight is 495 g/mol. The number of benzene rings is 2. The van der Waals surface area contributed by atoms with E-state index in [-0.39, 0.29) is 11.8 Å². The number of nitrogens with zero attached hydrogens (tertiary/aromatic N) is 2. The first kappa shape index (κ1) is 20.1. The summed E-state index contributed by atoms with van der Waals surface area (Å²) in [6.07, 6.45) is 0. The normalized spacial score (nSPS) is 19.0. The molecule has 2 aliphatic heterocycles. The zero-order valence-electron chi connectivity index (χ0n) is 15.2. The van der Waals surface area contributed by atoms with Gasteiger partial charge in [0.05, 0.1) is 0 Å². The Labute approximate surface area is 179 Å². The SMILES string of the molecule is CCN1C(=O)/C(=C2/Oc3ccc(-c4ccccc4)cc3N2CS(=O)(=O)O)[Se]C1=S. The van der Waals surface area contributed by atoms with Gasteiger partial charge in [0.1, 0.15) is 0 Å². The van der Waals surface area contributed by atoms with Crippen molar-refractivity contribution in [2.24, 2.45) is 0 Å². The molecule has 4 rings (SSSR count). The monoisotopic (exact) mass is 496 g/mol. The third kappa shape index (κ3) is 3.82. The Kier molecular flexibility index (Phi) is 5.22. The molecule has 150 valence electrons. The van der Waals surface area contributed by atoms with E-state index >= 15 is 0 Å². The Morgan fingerprint density at radius 1 is 1.10 bits per heavy atom. The fourth-order valence-corrected chi connectivity index (χ4v) is 6.34.